The van der Waals surface area contributed by atoms with Crippen LogP contribution in [0.4, 0.5) is 35.0 Å². The smallest absolute Gasteiger partial charge is 0.418 e. The Bertz CT molecular complexity index is 1760. The lowest BCUT2D eigenvalue weighted by molar-refractivity contribution is -0.137. The van der Waals surface area contributed by atoms with Crippen LogP contribution in [0.2, 0.25) is 0 Å². The Kier molecular flexibility index (Phi) is 7.38. The second-order valence-electron chi connectivity index (χ2n) is 10.3. The van der Waals surface area contributed by atoms with E-state index in [1.807, 2.05) is 0 Å². The van der Waals surface area contributed by atoms with E-state index in [9.17, 15) is 27.6 Å². The maximum Gasteiger partial charge on any atom is 0.418 e. The molecule has 0 saturated heterocycles. The molecule has 1 saturated carbocycles. The predicted molar refractivity (Wildman–Crippen MR) is 157 cm³/mol. The number of alkyl halides is 3. The molecule has 1 unspecified atom stereocenters. The Morgan fingerprint density at radius 3 is 2.63 bits per heavy atom. The molecular formula is C31H25F3N4O4S. The molecule has 0 bridgehead atoms. The Morgan fingerprint density at radius 2 is 1.88 bits per heavy atom. The molecule has 6 rings (SSSR count). The average Bonchev–Trinajstić information content (AvgIpc) is 3.37. The molecule has 2 aliphatic rings. The van der Waals surface area contributed by atoms with Gasteiger partial charge in [0.05, 0.1) is 28.0 Å². The van der Waals surface area contributed by atoms with Gasteiger partial charge in [0.1, 0.15) is 21.2 Å². The third-order valence-corrected chi connectivity index (χ3v) is 8.65. The second kappa shape index (κ2) is 11.2. The van der Waals surface area contributed by atoms with Crippen LogP contribution in [0.1, 0.15) is 40.9 Å². The molecule has 2 aromatic carbocycles. The number of para-hydroxylation sites is 1. The predicted octanol–water partition coefficient (Wildman–Crippen LogP) is 7.83. The quantitative estimate of drug-likeness (QED) is 0.209. The first-order valence-electron chi connectivity index (χ1n) is 13.6. The number of ether oxygens (including phenoxy) is 1. The number of nitrogens with zero attached hydrogens (tertiary/aromatic N) is 2. The van der Waals surface area contributed by atoms with Crippen molar-refractivity contribution in [3.8, 4) is 11.5 Å². The Morgan fingerprint density at radius 1 is 1.09 bits per heavy atom. The number of pyridine rings is 1. The number of thiophene rings is 1. The Labute approximate surface area is 248 Å². The molecule has 220 valence electrons. The van der Waals surface area contributed by atoms with Crippen molar-refractivity contribution in [2.75, 3.05) is 10.2 Å². The summed E-state index contributed by atoms with van der Waals surface area (Å²) in [4.78, 5) is 44.9. The number of carbonyl (C=O) groups is 3. The zero-order valence-electron chi connectivity index (χ0n) is 22.6. The lowest BCUT2D eigenvalue weighted by Gasteiger charge is -2.31. The third kappa shape index (κ3) is 5.45. The van der Waals surface area contributed by atoms with Gasteiger partial charge in [0.15, 0.2) is 5.78 Å². The monoisotopic (exact) mass is 606 g/mol. The zero-order valence-corrected chi connectivity index (χ0v) is 23.4. The van der Waals surface area contributed by atoms with Gasteiger partial charge in [-0.3, -0.25) is 14.5 Å². The summed E-state index contributed by atoms with van der Waals surface area (Å²) < 4.78 is 48.7. The minimum absolute atomic E-state index is 0.0468. The molecule has 2 aromatic heterocycles. The van der Waals surface area contributed by atoms with Crippen molar-refractivity contribution >= 4 is 56.3 Å². The van der Waals surface area contributed by atoms with E-state index in [0.717, 1.165) is 35.1 Å². The molecule has 0 spiro atoms. The Hall–Kier alpha value is -4.71. The van der Waals surface area contributed by atoms with Crippen molar-refractivity contribution in [2.24, 2.45) is 5.92 Å². The number of anilines is 3. The van der Waals surface area contributed by atoms with Crippen LogP contribution in [0.15, 0.2) is 73.4 Å². The van der Waals surface area contributed by atoms with Crippen molar-refractivity contribution in [2.45, 2.75) is 37.9 Å². The highest BCUT2D eigenvalue weighted by Gasteiger charge is 2.40. The van der Waals surface area contributed by atoms with E-state index in [1.54, 1.807) is 30.3 Å². The van der Waals surface area contributed by atoms with Gasteiger partial charge in [-0.15, -0.1) is 11.3 Å². The molecule has 12 heteroatoms. The first kappa shape index (κ1) is 28.4. The number of hydrogen-bond acceptors (Lipinski definition) is 6. The zero-order chi connectivity index (χ0) is 30.3. The van der Waals surface area contributed by atoms with E-state index >= 15 is 0 Å². The van der Waals surface area contributed by atoms with Gasteiger partial charge in [0.2, 0.25) is 0 Å². The highest BCUT2D eigenvalue weighted by atomic mass is 32.1. The normalized spacial score (nSPS) is 18.2. The fourth-order valence-corrected chi connectivity index (χ4v) is 6.63. The number of halogens is 3. The summed E-state index contributed by atoms with van der Waals surface area (Å²) in [7, 11) is 0. The summed E-state index contributed by atoms with van der Waals surface area (Å²) in [5.41, 5.74) is -1.12. The van der Waals surface area contributed by atoms with Gasteiger partial charge in [-0.25, -0.2) is 9.78 Å². The lowest BCUT2D eigenvalue weighted by Crippen LogP contribution is -2.40. The summed E-state index contributed by atoms with van der Waals surface area (Å²) >= 11 is 1.03. The molecule has 1 fully saturated rings. The van der Waals surface area contributed by atoms with Crippen molar-refractivity contribution in [1.82, 2.24) is 10.3 Å². The molecule has 1 aliphatic heterocycles. The summed E-state index contributed by atoms with van der Waals surface area (Å²) in [6.07, 6.45) is 0.534. The SMILES string of the molecule is C=CC(=O)C1CCC[C@@H](NC(=O)c2sc3nccc4c3c2NC(=O)N4c2ccc(Oc3ccccc3)cc2C(F)(F)F)C1. The molecule has 2 N–H and O–H groups in total. The molecule has 0 radical (unpaired) electrons. The van der Waals surface area contributed by atoms with Gasteiger partial charge in [-0.2, -0.15) is 13.2 Å². The molecule has 2 atom stereocenters. The van der Waals surface area contributed by atoms with Crippen LogP contribution in [-0.2, 0) is 11.0 Å². The number of benzene rings is 2. The van der Waals surface area contributed by atoms with Gasteiger partial charge < -0.3 is 15.4 Å². The topological polar surface area (TPSA) is 101 Å². The van der Waals surface area contributed by atoms with Crippen molar-refractivity contribution < 1.29 is 32.3 Å². The third-order valence-electron chi connectivity index (χ3n) is 7.56. The minimum Gasteiger partial charge on any atom is -0.457 e. The summed E-state index contributed by atoms with van der Waals surface area (Å²) in [5.74, 6) is -0.414. The fourth-order valence-electron chi connectivity index (χ4n) is 5.61. The molecular weight excluding hydrogens is 581 g/mol. The first-order chi connectivity index (χ1) is 20.6. The molecule has 1 aliphatic carbocycles. The van der Waals surface area contributed by atoms with Gasteiger partial charge in [-0.05, 0) is 61.7 Å². The van der Waals surface area contributed by atoms with E-state index < -0.39 is 29.4 Å². The van der Waals surface area contributed by atoms with Gasteiger partial charge in [0.25, 0.3) is 5.91 Å². The van der Waals surface area contributed by atoms with Crippen LogP contribution in [0.3, 0.4) is 0 Å². The Balaban J connectivity index is 1.35. The standard InChI is InChI=1S/C31H25F3N4O4S/c1-2-24(39)17-7-6-8-18(15-17)36-28(40)27-26-25-23(13-14-35-29(25)43-27)38(30(41)37-26)22-12-11-20(16-21(22)31(32,33)34)42-19-9-4-3-5-10-19/h2-5,9-14,16-18H,1,6-8,15H2,(H,36,40)(H,37,41)/t17?,18-/m1/s1. The number of hydrogen-bond donors (Lipinski definition) is 2. The van der Waals surface area contributed by atoms with E-state index in [2.05, 4.69) is 22.2 Å². The number of aromatic nitrogens is 1. The number of nitrogens with one attached hydrogen (secondary N) is 2. The molecule has 4 aromatic rings. The minimum atomic E-state index is -4.82. The number of amides is 3. The molecule has 3 heterocycles. The highest BCUT2D eigenvalue weighted by molar-refractivity contribution is 7.21. The lowest BCUT2D eigenvalue weighted by atomic mass is 9.83. The van der Waals surface area contributed by atoms with E-state index in [1.165, 1.54) is 30.5 Å². The molecule has 3 amide bonds. The number of carbonyl (C=O) groups excluding carboxylic acids is 3. The number of urea groups is 1. The van der Waals surface area contributed by atoms with E-state index in [0.29, 0.717) is 28.8 Å². The van der Waals surface area contributed by atoms with Gasteiger partial charge >= 0.3 is 12.2 Å². The van der Waals surface area contributed by atoms with Crippen LogP contribution in [0.5, 0.6) is 11.5 Å². The van der Waals surface area contributed by atoms with Crippen LogP contribution in [0, 0.1) is 5.92 Å². The number of rotatable bonds is 7. The second-order valence-corrected chi connectivity index (χ2v) is 11.3. The highest BCUT2D eigenvalue weighted by Crippen LogP contribution is 2.49. The largest absolute Gasteiger partial charge is 0.457 e. The van der Waals surface area contributed by atoms with Crippen LogP contribution < -0.4 is 20.3 Å². The van der Waals surface area contributed by atoms with Gasteiger partial charge in [0, 0.05) is 18.2 Å². The van der Waals surface area contributed by atoms with Crippen molar-refractivity contribution in [3.63, 3.8) is 0 Å². The number of allylic oxidation sites excluding steroid dienone is 1. The van der Waals surface area contributed by atoms with Gasteiger partial charge in [-0.1, -0.05) is 31.2 Å². The maximum absolute atomic E-state index is 14.4. The molecule has 8 nitrogen and oxygen atoms in total. The maximum atomic E-state index is 14.4. The van der Waals surface area contributed by atoms with E-state index in [-0.39, 0.29) is 39.7 Å². The van der Waals surface area contributed by atoms with Crippen LogP contribution in [0.25, 0.3) is 10.2 Å². The summed E-state index contributed by atoms with van der Waals surface area (Å²) in [5, 5.41) is 5.96. The fraction of sp³-hybridized carbons (Fsp3) is 0.226. The first-order valence-corrected chi connectivity index (χ1v) is 14.4. The van der Waals surface area contributed by atoms with Crippen molar-refractivity contribution in [1.29, 1.82) is 0 Å². The van der Waals surface area contributed by atoms with Crippen LogP contribution in [-0.4, -0.2) is 28.7 Å². The van der Waals surface area contributed by atoms with Crippen molar-refractivity contribution in [3.05, 3.63) is 83.9 Å². The van der Waals surface area contributed by atoms with Crippen LogP contribution >= 0.6 is 11.3 Å². The molecule has 43 heavy (non-hydrogen) atoms. The summed E-state index contributed by atoms with van der Waals surface area (Å²) in [6, 6.07) is 12.1. The number of ketones is 1. The summed E-state index contributed by atoms with van der Waals surface area (Å²) in [6.45, 7) is 3.55. The average molecular weight is 607 g/mol. The van der Waals surface area contributed by atoms with E-state index in [4.69, 9.17) is 4.74 Å².